The molecule has 0 radical (unpaired) electrons. The molecule has 100 valence electrons. The second-order valence-corrected chi connectivity index (χ2v) is 6.16. The van der Waals surface area contributed by atoms with E-state index in [4.69, 9.17) is 9.47 Å². The quantitative estimate of drug-likeness (QED) is 0.623. The Bertz CT molecular complexity index is 597. The van der Waals surface area contributed by atoms with Crippen molar-refractivity contribution in [3.8, 4) is 11.5 Å². The molecule has 19 heavy (non-hydrogen) atoms. The molecule has 0 unspecified atom stereocenters. The fourth-order valence-corrected chi connectivity index (χ4v) is 3.71. The molecule has 1 aromatic heterocycles. The van der Waals surface area contributed by atoms with Gasteiger partial charge in [0.2, 0.25) is 6.79 Å². The van der Waals surface area contributed by atoms with Crippen molar-refractivity contribution in [2.24, 2.45) is 0 Å². The number of nitrogens with zero attached hydrogens (tertiary/aromatic N) is 1. The topological polar surface area (TPSA) is 31.4 Å². The van der Waals surface area contributed by atoms with Gasteiger partial charge in [-0.05, 0) is 12.5 Å². The molecule has 0 saturated heterocycles. The van der Waals surface area contributed by atoms with Gasteiger partial charge in [-0.25, -0.2) is 4.98 Å². The van der Waals surface area contributed by atoms with Gasteiger partial charge in [-0.3, -0.25) is 0 Å². The second kappa shape index (κ2) is 5.34. The molecule has 0 atom stereocenters. The highest BCUT2D eigenvalue weighted by molar-refractivity contribution is 8.01. The van der Waals surface area contributed by atoms with Crippen LogP contribution in [-0.4, -0.2) is 17.5 Å². The number of halogens is 2. The Balaban J connectivity index is 1.73. The van der Waals surface area contributed by atoms with E-state index in [0.717, 1.165) is 26.4 Å². The number of ether oxygens (including phenoxy) is 2. The molecular weight excluding hydrogens is 292 g/mol. The van der Waals surface area contributed by atoms with Gasteiger partial charge in [0.25, 0.3) is 6.08 Å². The molecule has 1 aliphatic rings. The van der Waals surface area contributed by atoms with Gasteiger partial charge in [-0.15, -0.1) is 11.3 Å². The average Bonchev–Trinajstić information content (AvgIpc) is 2.96. The molecule has 0 spiro atoms. The summed E-state index contributed by atoms with van der Waals surface area (Å²) in [4.78, 5) is 4.44. The Morgan fingerprint density at radius 2 is 2.16 bits per heavy atom. The molecular formula is C12H9F2NO2S2. The highest BCUT2D eigenvalue weighted by Gasteiger charge is 2.16. The summed E-state index contributed by atoms with van der Waals surface area (Å²) in [6, 6.07) is 3.75. The molecule has 1 aromatic carbocycles. The van der Waals surface area contributed by atoms with E-state index >= 15 is 0 Å². The van der Waals surface area contributed by atoms with Gasteiger partial charge >= 0.3 is 0 Å². The van der Waals surface area contributed by atoms with E-state index in [9.17, 15) is 8.78 Å². The summed E-state index contributed by atoms with van der Waals surface area (Å²) in [7, 11) is 0. The van der Waals surface area contributed by atoms with Crippen LogP contribution in [0.1, 0.15) is 6.42 Å². The molecule has 0 fully saturated rings. The van der Waals surface area contributed by atoms with Crippen molar-refractivity contribution in [1.29, 1.82) is 0 Å². The highest BCUT2D eigenvalue weighted by atomic mass is 32.2. The van der Waals surface area contributed by atoms with E-state index in [0.29, 0.717) is 17.9 Å². The number of aromatic nitrogens is 1. The Hall–Kier alpha value is -1.34. The van der Waals surface area contributed by atoms with Crippen molar-refractivity contribution in [2.45, 2.75) is 10.8 Å². The summed E-state index contributed by atoms with van der Waals surface area (Å²) >= 11 is 3.00. The maximum absolute atomic E-state index is 11.9. The molecule has 2 heterocycles. The Morgan fingerprint density at radius 1 is 1.37 bits per heavy atom. The van der Waals surface area contributed by atoms with E-state index in [2.05, 4.69) is 4.98 Å². The molecule has 0 aliphatic carbocycles. The molecule has 0 bridgehead atoms. The average molecular weight is 301 g/mol. The standard InChI is InChI=1S/C12H9F2NO2S2/c13-11(14)2-1-3-18-12-15-7-4-8-9(17-6-16-8)5-10(7)19-12/h2,4-5H,1,3,6H2. The van der Waals surface area contributed by atoms with Crippen LogP contribution in [0.25, 0.3) is 10.2 Å². The van der Waals surface area contributed by atoms with E-state index in [1.54, 1.807) is 0 Å². The minimum Gasteiger partial charge on any atom is -0.454 e. The number of hydrogen-bond acceptors (Lipinski definition) is 5. The Kier molecular flexibility index (Phi) is 3.56. The van der Waals surface area contributed by atoms with Crippen LogP contribution < -0.4 is 9.47 Å². The minimum atomic E-state index is -1.63. The number of rotatable bonds is 4. The first-order valence-corrected chi connectivity index (χ1v) is 7.37. The monoisotopic (exact) mass is 301 g/mol. The maximum atomic E-state index is 11.9. The number of benzene rings is 1. The van der Waals surface area contributed by atoms with Gasteiger partial charge in [0.05, 0.1) is 10.2 Å². The van der Waals surface area contributed by atoms with Gasteiger partial charge in [0.15, 0.2) is 15.8 Å². The van der Waals surface area contributed by atoms with Gasteiger partial charge < -0.3 is 9.47 Å². The fraction of sp³-hybridized carbons (Fsp3) is 0.250. The zero-order chi connectivity index (χ0) is 13.2. The van der Waals surface area contributed by atoms with Crippen LogP contribution in [0, 0.1) is 0 Å². The molecule has 0 N–H and O–H groups in total. The maximum Gasteiger partial charge on any atom is 0.266 e. The van der Waals surface area contributed by atoms with Crippen LogP contribution in [0.2, 0.25) is 0 Å². The van der Waals surface area contributed by atoms with E-state index < -0.39 is 6.08 Å². The first kappa shape index (κ1) is 12.7. The highest BCUT2D eigenvalue weighted by Crippen LogP contribution is 2.39. The first-order chi connectivity index (χ1) is 9.22. The van der Waals surface area contributed by atoms with Gasteiger partial charge in [-0.1, -0.05) is 11.8 Å². The number of allylic oxidation sites excluding steroid dienone is 1. The van der Waals surface area contributed by atoms with Crippen LogP contribution >= 0.6 is 23.1 Å². The normalized spacial score (nSPS) is 12.9. The molecule has 0 saturated carbocycles. The number of thiazole rings is 1. The summed E-state index contributed by atoms with van der Waals surface area (Å²) in [6.45, 7) is 0.245. The van der Waals surface area contributed by atoms with Crippen molar-refractivity contribution < 1.29 is 18.3 Å². The number of hydrogen-bond donors (Lipinski definition) is 0. The Morgan fingerprint density at radius 3 is 2.95 bits per heavy atom. The predicted octanol–water partition coefficient (Wildman–Crippen LogP) is 4.29. The molecule has 3 nitrogen and oxygen atoms in total. The van der Waals surface area contributed by atoms with Crippen molar-refractivity contribution in [3.63, 3.8) is 0 Å². The first-order valence-electron chi connectivity index (χ1n) is 5.56. The lowest BCUT2D eigenvalue weighted by molar-refractivity contribution is 0.174. The lowest BCUT2D eigenvalue weighted by atomic mass is 10.3. The van der Waals surface area contributed by atoms with Crippen molar-refractivity contribution in [3.05, 3.63) is 24.3 Å². The predicted molar refractivity (Wildman–Crippen MR) is 71.4 cm³/mol. The largest absolute Gasteiger partial charge is 0.454 e. The molecule has 7 heteroatoms. The van der Waals surface area contributed by atoms with Crippen LogP contribution in [-0.2, 0) is 0 Å². The third kappa shape index (κ3) is 2.82. The van der Waals surface area contributed by atoms with Crippen LogP contribution in [0.15, 0.2) is 28.6 Å². The minimum absolute atomic E-state index is 0.245. The van der Waals surface area contributed by atoms with Crippen LogP contribution in [0.3, 0.4) is 0 Å². The summed E-state index contributed by atoms with van der Waals surface area (Å²) in [6.07, 6.45) is -0.363. The summed E-state index contributed by atoms with van der Waals surface area (Å²) in [5.74, 6) is 2.02. The Labute approximate surface area is 116 Å². The van der Waals surface area contributed by atoms with E-state index in [1.165, 1.54) is 23.1 Å². The summed E-state index contributed by atoms with van der Waals surface area (Å²) in [5, 5.41) is 0. The molecule has 3 rings (SSSR count). The van der Waals surface area contributed by atoms with Gasteiger partial charge in [0.1, 0.15) is 0 Å². The number of fused-ring (bicyclic) bond motifs is 2. The van der Waals surface area contributed by atoms with E-state index in [-0.39, 0.29) is 6.79 Å². The summed E-state index contributed by atoms with van der Waals surface area (Å²) < 4.78 is 36.2. The van der Waals surface area contributed by atoms with Gasteiger partial charge in [0, 0.05) is 17.9 Å². The van der Waals surface area contributed by atoms with Gasteiger partial charge in [-0.2, -0.15) is 8.78 Å². The smallest absolute Gasteiger partial charge is 0.266 e. The molecule has 1 aliphatic heterocycles. The zero-order valence-electron chi connectivity index (χ0n) is 9.69. The third-order valence-corrected chi connectivity index (χ3v) is 4.70. The van der Waals surface area contributed by atoms with E-state index in [1.807, 2.05) is 12.1 Å². The lowest BCUT2D eigenvalue weighted by Crippen LogP contribution is -1.92. The fourth-order valence-electron chi connectivity index (χ4n) is 1.67. The second-order valence-electron chi connectivity index (χ2n) is 3.78. The van der Waals surface area contributed by atoms with Crippen molar-refractivity contribution in [1.82, 2.24) is 4.98 Å². The van der Waals surface area contributed by atoms with Crippen LogP contribution in [0.4, 0.5) is 8.78 Å². The third-order valence-electron chi connectivity index (χ3n) is 2.51. The summed E-state index contributed by atoms with van der Waals surface area (Å²) in [5.41, 5.74) is 0.851. The molecule has 2 aromatic rings. The van der Waals surface area contributed by atoms with Crippen molar-refractivity contribution in [2.75, 3.05) is 12.5 Å². The number of thioether (sulfide) groups is 1. The SMILES string of the molecule is FC(F)=CCCSc1nc2cc3c(cc2s1)OCO3. The lowest BCUT2D eigenvalue weighted by Gasteiger charge is -1.93. The molecule has 0 amide bonds. The van der Waals surface area contributed by atoms with Crippen LogP contribution in [0.5, 0.6) is 11.5 Å². The zero-order valence-corrected chi connectivity index (χ0v) is 11.3. The van der Waals surface area contributed by atoms with Crippen molar-refractivity contribution >= 4 is 33.3 Å².